The molecule has 13 heteroatoms. The lowest BCUT2D eigenvalue weighted by Gasteiger charge is -2.29. The maximum Gasteiger partial charge on any atom is 0.267 e. The van der Waals surface area contributed by atoms with Crippen LogP contribution < -0.4 is 15.5 Å². The summed E-state index contributed by atoms with van der Waals surface area (Å²) in [5.74, 6) is -2.71. The number of rotatable bonds is 5. The van der Waals surface area contributed by atoms with Crippen LogP contribution in [0.2, 0.25) is 0 Å². The van der Waals surface area contributed by atoms with E-state index in [0.717, 1.165) is 23.7 Å². The van der Waals surface area contributed by atoms with E-state index in [2.05, 4.69) is 20.2 Å². The van der Waals surface area contributed by atoms with Crippen LogP contribution in [0.4, 0.5) is 20.2 Å². The molecule has 0 spiro atoms. The van der Waals surface area contributed by atoms with Crippen molar-refractivity contribution in [2.45, 2.75) is 13.3 Å². The molecule has 3 heterocycles. The first-order chi connectivity index (χ1) is 19.3. The fourth-order valence-electron chi connectivity index (χ4n) is 4.91. The number of benzene rings is 2. The Hall–Kier alpha value is -3.97. The molecule has 2 saturated heterocycles. The van der Waals surface area contributed by atoms with Crippen molar-refractivity contribution < 1.29 is 23.2 Å². The highest BCUT2D eigenvalue weighted by atomic mass is 32.1. The van der Waals surface area contributed by atoms with E-state index >= 15 is 0 Å². The van der Waals surface area contributed by atoms with E-state index in [1.54, 1.807) is 34.9 Å². The molecule has 0 bridgehead atoms. The Labute approximate surface area is 234 Å². The minimum Gasteiger partial charge on any atom is -0.368 e. The van der Waals surface area contributed by atoms with Gasteiger partial charge >= 0.3 is 0 Å². The van der Waals surface area contributed by atoms with E-state index in [0.29, 0.717) is 92.4 Å². The molecule has 3 aromatic rings. The quantitative estimate of drug-likeness (QED) is 0.486. The Balaban J connectivity index is 1.41. The number of nitrogens with zero attached hydrogens (tertiary/aromatic N) is 5. The summed E-state index contributed by atoms with van der Waals surface area (Å²) in [6, 6.07) is 7.71. The summed E-state index contributed by atoms with van der Waals surface area (Å²) in [5.41, 5.74) is 1.80. The van der Waals surface area contributed by atoms with Crippen molar-refractivity contribution in [3.63, 3.8) is 0 Å². The molecule has 5 rings (SSSR count). The van der Waals surface area contributed by atoms with Crippen molar-refractivity contribution in [1.29, 1.82) is 0 Å². The SMILES string of the molecule is Cc1nnsc1C(=O)N1CCCN(c2ccc(C(=O)N3CCNCC3)cc2NC(=O)c2cc(F)cc(F)c2)CC1. The first kappa shape index (κ1) is 27.6. The van der Waals surface area contributed by atoms with Gasteiger partial charge in [-0.15, -0.1) is 5.10 Å². The van der Waals surface area contributed by atoms with Crippen LogP contribution in [0.5, 0.6) is 0 Å². The lowest BCUT2D eigenvalue weighted by molar-refractivity contribution is 0.0734. The van der Waals surface area contributed by atoms with Crippen LogP contribution in [0, 0.1) is 18.6 Å². The second-order valence-corrected chi connectivity index (χ2v) is 10.5. The summed E-state index contributed by atoms with van der Waals surface area (Å²) >= 11 is 1.07. The molecule has 0 atom stereocenters. The first-order valence-corrected chi connectivity index (χ1v) is 13.8. The zero-order valence-electron chi connectivity index (χ0n) is 22.0. The van der Waals surface area contributed by atoms with Gasteiger partial charge in [0.15, 0.2) is 0 Å². The molecule has 3 amide bonds. The Bertz CT molecular complexity index is 1410. The third-order valence-electron chi connectivity index (χ3n) is 6.99. The maximum atomic E-state index is 13.8. The Morgan fingerprint density at radius 2 is 1.60 bits per heavy atom. The number of anilines is 2. The number of hydrogen-bond donors (Lipinski definition) is 2. The highest BCUT2D eigenvalue weighted by Gasteiger charge is 2.26. The summed E-state index contributed by atoms with van der Waals surface area (Å²) in [6.07, 6.45) is 0.668. The van der Waals surface area contributed by atoms with E-state index in [1.165, 1.54) is 0 Å². The highest BCUT2D eigenvalue weighted by molar-refractivity contribution is 7.07. The van der Waals surface area contributed by atoms with Crippen LogP contribution in [-0.2, 0) is 0 Å². The smallest absolute Gasteiger partial charge is 0.267 e. The van der Waals surface area contributed by atoms with E-state index in [1.807, 2.05) is 4.90 Å². The topological polar surface area (TPSA) is 111 Å². The van der Waals surface area contributed by atoms with Gasteiger partial charge in [-0.1, -0.05) is 4.49 Å². The molecule has 0 aliphatic carbocycles. The van der Waals surface area contributed by atoms with E-state index in [-0.39, 0.29) is 17.4 Å². The number of aromatic nitrogens is 2. The minimum atomic E-state index is -0.864. The first-order valence-electron chi connectivity index (χ1n) is 13.0. The summed E-state index contributed by atoms with van der Waals surface area (Å²) in [7, 11) is 0. The van der Waals surface area contributed by atoms with Gasteiger partial charge in [-0.3, -0.25) is 14.4 Å². The molecule has 2 fully saturated rings. The lowest BCUT2D eigenvalue weighted by Crippen LogP contribution is -2.46. The van der Waals surface area contributed by atoms with Gasteiger partial charge in [0.1, 0.15) is 16.5 Å². The number of halogens is 2. The molecule has 0 unspecified atom stereocenters. The van der Waals surface area contributed by atoms with E-state index < -0.39 is 17.5 Å². The minimum absolute atomic E-state index is 0.118. The average molecular weight is 570 g/mol. The summed E-state index contributed by atoms with van der Waals surface area (Å²) in [6.45, 7) is 6.30. The van der Waals surface area contributed by atoms with Crippen molar-refractivity contribution in [3.8, 4) is 0 Å². The predicted octanol–water partition coefficient (Wildman–Crippen LogP) is 2.77. The second kappa shape index (κ2) is 12.0. The largest absolute Gasteiger partial charge is 0.368 e. The molecule has 2 aliphatic rings. The van der Waals surface area contributed by atoms with Crippen LogP contribution >= 0.6 is 11.5 Å². The summed E-state index contributed by atoms with van der Waals surface area (Å²) in [5, 5.41) is 9.92. The lowest BCUT2D eigenvalue weighted by atomic mass is 10.1. The number of carbonyl (C=O) groups excluding carboxylic acids is 3. The molecular weight excluding hydrogens is 540 g/mol. The van der Waals surface area contributed by atoms with Gasteiger partial charge in [-0.25, -0.2) is 8.78 Å². The normalized spacial score (nSPS) is 16.0. The molecule has 10 nitrogen and oxygen atoms in total. The van der Waals surface area contributed by atoms with Crippen molar-refractivity contribution >= 4 is 40.6 Å². The van der Waals surface area contributed by atoms with Crippen molar-refractivity contribution in [2.24, 2.45) is 0 Å². The zero-order valence-corrected chi connectivity index (χ0v) is 22.8. The van der Waals surface area contributed by atoms with E-state index in [9.17, 15) is 23.2 Å². The molecule has 210 valence electrons. The summed E-state index contributed by atoms with van der Waals surface area (Å²) < 4.78 is 31.5. The van der Waals surface area contributed by atoms with Crippen LogP contribution in [-0.4, -0.2) is 89.5 Å². The van der Waals surface area contributed by atoms with Gasteiger partial charge in [0, 0.05) is 69.6 Å². The second-order valence-electron chi connectivity index (χ2n) is 9.71. The number of aryl methyl sites for hydroxylation is 1. The average Bonchev–Trinajstić information content (AvgIpc) is 3.23. The number of carbonyl (C=O) groups is 3. The maximum absolute atomic E-state index is 13.8. The Morgan fingerprint density at radius 3 is 2.30 bits per heavy atom. The van der Waals surface area contributed by atoms with Crippen molar-refractivity contribution in [1.82, 2.24) is 24.7 Å². The van der Waals surface area contributed by atoms with Gasteiger partial charge in [-0.05, 0) is 55.2 Å². The molecule has 1 aromatic heterocycles. The van der Waals surface area contributed by atoms with Gasteiger partial charge in [0.2, 0.25) is 0 Å². The van der Waals surface area contributed by atoms with Crippen LogP contribution in [0.1, 0.15) is 42.5 Å². The number of amides is 3. The van der Waals surface area contributed by atoms with Gasteiger partial charge in [-0.2, -0.15) is 0 Å². The molecule has 0 radical (unpaired) electrons. The monoisotopic (exact) mass is 569 g/mol. The van der Waals surface area contributed by atoms with Gasteiger partial charge < -0.3 is 25.3 Å². The van der Waals surface area contributed by atoms with Crippen molar-refractivity contribution in [3.05, 3.63) is 69.7 Å². The highest BCUT2D eigenvalue weighted by Crippen LogP contribution is 2.30. The molecule has 0 saturated carbocycles. The molecule has 2 aromatic carbocycles. The van der Waals surface area contributed by atoms with Gasteiger partial charge in [0.05, 0.1) is 17.1 Å². The third-order valence-corrected chi connectivity index (χ3v) is 7.81. The van der Waals surface area contributed by atoms with E-state index in [4.69, 9.17) is 0 Å². The predicted molar refractivity (Wildman–Crippen MR) is 147 cm³/mol. The molecular formula is C27H29F2N7O3S. The zero-order chi connectivity index (χ0) is 28.2. The van der Waals surface area contributed by atoms with Crippen LogP contribution in [0.3, 0.4) is 0 Å². The van der Waals surface area contributed by atoms with Crippen LogP contribution in [0.15, 0.2) is 36.4 Å². The molecule has 2 N–H and O–H groups in total. The fraction of sp³-hybridized carbons (Fsp3) is 0.370. The number of piperazine rings is 1. The van der Waals surface area contributed by atoms with Gasteiger partial charge in [0.25, 0.3) is 17.7 Å². The standard InChI is InChI=1S/C27H29F2N7O3S/c1-17-24(40-33-32-17)27(39)35-8-2-7-34(11-12-35)23-4-3-18(26(38)36-9-5-30-6-10-36)15-22(23)31-25(37)19-13-20(28)16-21(29)14-19/h3-4,13-16,30H,2,5-12H2,1H3,(H,31,37). The third kappa shape index (κ3) is 6.10. The molecule has 2 aliphatic heterocycles. The summed E-state index contributed by atoms with van der Waals surface area (Å²) in [4.78, 5) is 45.4. The number of nitrogens with one attached hydrogen (secondary N) is 2. The fourth-order valence-corrected chi connectivity index (χ4v) is 5.53. The van der Waals surface area contributed by atoms with Crippen molar-refractivity contribution in [2.75, 3.05) is 62.6 Å². The molecule has 40 heavy (non-hydrogen) atoms. The Morgan fingerprint density at radius 1 is 0.875 bits per heavy atom. The Kier molecular flexibility index (Phi) is 8.31. The number of hydrogen-bond acceptors (Lipinski definition) is 8. The van der Waals surface area contributed by atoms with Crippen LogP contribution in [0.25, 0.3) is 0 Å².